The van der Waals surface area contributed by atoms with E-state index >= 15 is 0 Å². The number of fused-ring (bicyclic) bond motifs is 2. The maximum absolute atomic E-state index is 13.4. The van der Waals surface area contributed by atoms with E-state index in [9.17, 15) is 4.79 Å². The molecule has 0 fully saturated rings. The van der Waals surface area contributed by atoms with E-state index in [1.54, 1.807) is 12.1 Å². The van der Waals surface area contributed by atoms with Crippen molar-refractivity contribution in [2.45, 2.75) is 181 Å². The Labute approximate surface area is 320 Å². The highest BCUT2D eigenvalue weighted by Crippen LogP contribution is 2.28. The molecule has 0 saturated heterocycles. The zero-order chi connectivity index (χ0) is 36.9. The third-order valence-corrected chi connectivity index (χ3v) is 11.1. The molecule has 0 amide bonds. The lowest BCUT2D eigenvalue weighted by atomic mass is 10.1. The van der Waals surface area contributed by atoms with Crippen LogP contribution >= 0.6 is 0 Å². The van der Waals surface area contributed by atoms with Gasteiger partial charge >= 0.3 is 0 Å². The van der Waals surface area contributed by atoms with Crippen LogP contribution in [0.2, 0.25) is 0 Å². The molecule has 288 valence electrons. The predicted octanol–water partition coefficient (Wildman–Crippen LogP) is 13.8. The van der Waals surface area contributed by atoms with Crippen molar-refractivity contribution in [1.82, 2.24) is 24.1 Å². The number of nitrogens with one attached hydrogen (secondary N) is 1. The van der Waals surface area contributed by atoms with E-state index in [0.29, 0.717) is 0 Å². The molecule has 1 N–H and O–H groups in total. The molecule has 0 aliphatic heterocycles. The van der Waals surface area contributed by atoms with Gasteiger partial charge in [-0.1, -0.05) is 179 Å². The van der Waals surface area contributed by atoms with Gasteiger partial charge in [0, 0.05) is 25.2 Å². The first-order valence-corrected chi connectivity index (χ1v) is 21.8. The van der Waals surface area contributed by atoms with E-state index in [-0.39, 0.29) is 5.43 Å². The van der Waals surface area contributed by atoms with Crippen molar-refractivity contribution in [3.05, 3.63) is 70.9 Å². The summed E-state index contributed by atoms with van der Waals surface area (Å²) in [6, 6.07) is 20.2. The molecule has 2 aromatic carbocycles. The second-order valence-electron chi connectivity index (χ2n) is 15.6. The van der Waals surface area contributed by atoms with Gasteiger partial charge in [0.25, 0.3) is 0 Å². The summed E-state index contributed by atoms with van der Waals surface area (Å²) in [7, 11) is 0. The summed E-state index contributed by atoms with van der Waals surface area (Å²) in [5, 5.41) is 0. The molecule has 5 rings (SSSR count). The highest BCUT2D eigenvalue weighted by atomic mass is 16.1. The largest absolute Gasteiger partial charge is 0.349 e. The zero-order valence-corrected chi connectivity index (χ0v) is 33.4. The molecule has 5 aromatic rings. The van der Waals surface area contributed by atoms with Gasteiger partial charge in [0.05, 0.1) is 33.5 Å². The average Bonchev–Trinajstić information content (AvgIpc) is 3.74. The fourth-order valence-corrected chi connectivity index (χ4v) is 8.02. The molecule has 3 aromatic heterocycles. The van der Waals surface area contributed by atoms with Gasteiger partial charge in [-0.3, -0.25) is 4.79 Å². The maximum atomic E-state index is 13.4. The van der Waals surface area contributed by atoms with Gasteiger partial charge in [0.1, 0.15) is 0 Å². The highest BCUT2D eigenvalue weighted by Gasteiger charge is 2.18. The van der Waals surface area contributed by atoms with Crippen LogP contribution in [0.5, 0.6) is 0 Å². The number of hydrogen-bond acceptors (Lipinski definition) is 3. The van der Waals surface area contributed by atoms with Crippen molar-refractivity contribution < 1.29 is 0 Å². The first kappa shape index (κ1) is 40.5. The Bertz CT molecular complexity index is 1690. The zero-order valence-electron chi connectivity index (χ0n) is 33.4. The monoisotopic (exact) mass is 720 g/mol. The number of benzene rings is 2. The second-order valence-corrected chi connectivity index (χ2v) is 15.6. The first-order chi connectivity index (χ1) is 26.2. The molecule has 0 aliphatic rings. The average molecular weight is 720 g/mol. The topological polar surface area (TPSA) is 68.5 Å². The summed E-state index contributed by atoms with van der Waals surface area (Å²) in [6.45, 7) is 6.34. The molecule has 0 bridgehead atoms. The van der Waals surface area contributed by atoms with Crippen LogP contribution in [-0.2, 0) is 13.1 Å². The van der Waals surface area contributed by atoms with E-state index in [4.69, 9.17) is 9.97 Å². The molecular formula is C47H69N5O. The number of hydrogen-bond donors (Lipinski definition) is 1. The minimum atomic E-state index is -0.0262. The van der Waals surface area contributed by atoms with Gasteiger partial charge in [0.2, 0.25) is 0 Å². The summed E-state index contributed by atoms with van der Waals surface area (Å²) >= 11 is 0. The molecule has 0 unspecified atom stereocenters. The van der Waals surface area contributed by atoms with E-state index in [1.165, 1.54) is 141 Å². The molecule has 0 saturated carbocycles. The number of aromatic amines is 1. The Morgan fingerprint density at radius 1 is 0.453 bits per heavy atom. The molecule has 0 aliphatic carbocycles. The predicted molar refractivity (Wildman–Crippen MR) is 227 cm³/mol. The SMILES string of the molecule is CCCCCCCCCCCCCCn1c(-c2cc(=O)cc(-c3nc4ccccc4n3CCCCCCCCCCCCCC)[nH]2)nc2ccccc21. The van der Waals surface area contributed by atoms with Crippen molar-refractivity contribution in [3.63, 3.8) is 0 Å². The lowest BCUT2D eigenvalue weighted by Crippen LogP contribution is -2.09. The summed E-state index contributed by atoms with van der Waals surface area (Å²) in [6.07, 6.45) is 31.9. The van der Waals surface area contributed by atoms with Gasteiger partial charge in [-0.25, -0.2) is 9.97 Å². The number of aromatic nitrogens is 5. The Morgan fingerprint density at radius 3 is 1.13 bits per heavy atom. The molecule has 0 spiro atoms. The quantitative estimate of drug-likeness (QED) is 0.0523. The minimum Gasteiger partial charge on any atom is -0.349 e. The summed E-state index contributed by atoms with van der Waals surface area (Å²) < 4.78 is 4.63. The summed E-state index contributed by atoms with van der Waals surface area (Å²) in [5.74, 6) is 1.66. The molecule has 3 heterocycles. The van der Waals surface area contributed by atoms with E-state index in [1.807, 2.05) is 12.1 Å². The lowest BCUT2D eigenvalue weighted by Gasteiger charge is -2.12. The Kier molecular flexibility index (Phi) is 17.7. The van der Waals surface area contributed by atoms with E-state index < -0.39 is 0 Å². The molecule has 0 radical (unpaired) electrons. The van der Waals surface area contributed by atoms with Gasteiger partial charge in [-0.05, 0) is 37.1 Å². The van der Waals surface area contributed by atoms with Crippen LogP contribution in [0, 0.1) is 0 Å². The highest BCUT2D eigenvalue weighted by molar-refractivity contribution is 5.82. The normalized spacial score (nSPS) is 11.7. The minimum absolute atomic E-state index is 0.0262. The second kappa shape index (κ2) is 23.2. The van der Waals surface area contributed by atoms with Crippen LogP contribution < -0.4 is 5.43 Å². The van der Waals surface area contributed by atoms with E-state index in [2.05, 4.69) is 64.4 Å². The molecule has 53 heavy (non-hydrogen) atoms. The number of unbranched alkanes of at least 4 members (excludes halogenated alkanes) is 22. The van der Waals surface area contributed by atoms with Crippen molar-refractivity contribution in [3.8, 4) is 23.0 Å². The van der Waals surface area contributed by atoms with Gasteiger partial charge in [0.15, 0.2) is 17.1 Å². The fourth-order valence-electron chi connectivity index (χ4n) is 8.02. The van der Waals surface area contributed by atoms with Crippen LogP contribution in [-0.4, -0.2) is 24.1 Å². The number of H-pyrrole nitrogens is 1. The summed E-state index contributed by atoms with van der Waals surface area (Å²) in [4.78, 5) is 27.2. The third kappa shape index (κ3) is 12.7. The standard InChI is InChI=1S/C47H69N5O/c1-3-5-7-9-11-13-15-17-19-21-23-29-35-51-44-33-27-25-31-40(44)49-46(51)42-37-39(53)38-43(48-42)47-50-41-32-26-28-34-45(41)52(47)36-30-24-22-20-18-16-14-12-10-8-6-4-2/h25-28,31-34,37-38H,3-24,29-30,35-36H2,1-2H3,(H,48,53). The first-order valence-electron chi connectivity index (χ1n) is 21.8. The molecular weight excluding hydrogens is 651 g/mol. The van der Waals surface area contributed by atoms with Crippen LogP contribution in [0.4, 0.5) is 0 Å². The van der Waals surface area contributed by atoms with Crippen LogP contribution in [0.15, 0.2) is 65.5 Å². The number of nitrogens with zero attached hydrogens (tertiary/aromatic N) is 4. The van der Waals surface area contributed by atoms with Crippen LogP contribution in [0.1, 0.15) is 168 Å². The van der Waals surface area contributed by atoms with Crippen molar-refractivity contribution in [1.29, 1.82) is 0 Å². The number of rotatable bonds is 28. The maximum Gasteiger partial charge on any atom is 0.183 e. The van der Waals surface area contributed by atoms with Crippen molar-refractivity contribution >= 4 is 22.1 Å². The van der Waals surface area contributed by atoms with Crippen molar-refractivity contribution in [2.24, 2.45) is 0 Å². The Hall–Kier alpha value is -3.67. The molecule has 0 atom stereocenters. The Balaban J connectivity index is 1.21. The van der Waals surface area contributed by atoms with Crippen molar-refractivity contribution in [2.75, 3.05) is 0 Å². The van der Waals surface area contributed by atoms with Gasteiger partial charge < -0.3 is 14.1 Å². The smallest absolute Gasteiger partial charge is 0.183 e. The van der Waals surface area contributed by atoms with Crippen LogP contribution in [0.25, 0.3) is 45.1 Å². The number of pyridine rings is 1. The van der Waals surface area contributed by atoms with E-state index in [0.717, 1.165) is 71.0 Å². The number of aryl methyl sites for hydroxylation is 2. The fraction of sp³-hybridized carbons (Fsp3) is 0.596. The molecule has 6 heteroatoms. The Morgan fingerprint density at radius 2 is 0.774 bits per heavy atom. The van der Waals surface area contributed by atoms with Crippen LogP contribution in [0.3, 0.4) is 0 Å². The number of para-hydroxylation sites is 4. The molecule has 6 nitrogen and oxygen atoms in total. The van der Waals surface area contributed by atoms with Gasteiger partial charge in [-0.2, -0.15) is 0 Å². The number of imidazole rings is 2. The summed E-state index contributed by atoms with van der Waals surface area (Å²) in [5.41, 5.74) is 5.66. The lowest BCUT2D eigenvalue weighted by molar-refractivity contribution is 0.531. The third-order valence-electron chi connectivity index (χ3n) is 11.1. The van der Waals surface area contributed by atoms with Gasteiger partial charge in [-0.15, -0.1) is 0 Å².